The number of halogens is 1. The molecular formula is C18H23FN4O2. The Labute approximate surface area is 146 Å². The highest BCUT2D eigenvalue weighted by atomic mass is 19.1. The topological polar surface area (TPSA) is 67.2 Å². The lowest BCUT2D eigenvalue weighted by Crippen LogP contribution is -2.42. The zero-order chi connectivity index (χ0) is 18.6. The van der Waals surface area contributed by atoms with Crippen LogP contribution in [0.15, 0.2) is 30.5 Å². The molecular weight excluding hydrogens is 323 g/mol. The molecule has 0 aliphatic rings. The Morgan fingerprint density at radius 2 is 2.00 bits per heavy atom. The van der Waals surface area contributed by atoms with Gasteiger partial charge in [-0.3, -0.25) is 9.59 Å². The van der Waals surface area contributed by atoms with Crippen LogP contribution in [0.2, 0.25) is 0 Å². The van der Waals surface area contributed by atoms with Crippen molar-refractivity contribution < 1.29 is 14.0 Å². The van der Waals surface area contributed by atoms with Crippen LogP contribution in [-0.4, -0.2) is 45.6 Å². The Hall–Kier alpha value is -2.70. The van der Waals surface area contributed by atoms with Crippen molar-refractivity contribution in [1.29, 1.82) is 0 Å². The molecule has 2 aromatic rings. The van der Waals surface area contributed by atoms with Crippen LogP contribution in [0.5, 0.6) is 0 Å². The van der Waals surface area contributed by atoms with E-state index in [1.165, 1.54) is 21.8 Å². The van der Waals surface area contributed by atoms with Crippen LogP contribution >= 0.6 is 0 Å². The molecule has 0 saturated heterocycles. The Bertz CT molecular complexity index is 770. The van der Waals surface area contributed by atoms with E-state index in [0.717, 1.165) is 0 Å². The third-order valence-corrected chi connectivity index (χ3v) is 3.77. The third-order valence-electron chi connectivity index (χ3n) is 3.77. The van der Waals surface area contributed by atoms with E-state index >= 15 is 0 Å². The van der Waals surface area contributed by atoms with Gasteiger partial charge in [0.25, 0.3) is 5.91 Å². The van der Waals surface area contributed by atoms with Gasteiger partial charge in [-0.1, -0.05) is 12.1 Å². The quantitative estimate of drug-likeness (QED) is 0.873. The maximum absolute atomic E-state index is 14.0. The lowest BCUT2D eigenvalue weighted by Gasteiger charge is -2.21. The molecule has 0 bridgehead atoms. The second kappa shape index (κ2) is 7.92. The fourth-order valence-corrected chi connectivity index (χ4v) is 2.52. The highest BCUT2D eigenvalue weighted by molar-refractivity contribution is 5.97. The van der Waals surface area contributed by atoms with E-state index in [2.05, 4.69) is 10.4 Å². The molecule has 2 rings (SSSR count). The Morgan fingerprint density at radius 1 is 1.32 bits per heavy atom. The molecule has 0 aliphatic heterocycles. The summed E-state index contributed by atoms with van der Waals surface area (Å²) in [6, 6.07) is 6.24. The summed E-state index contributed by atoms with van der Waals surface area (Å²) in [5.41, 5.74) is 1.15. The number of rotatable bonds is 6. The van der Waals surface area contributed by atoms with E-state index in [0.29, 0.717) is 17.8 Å². The smallest absolute Gasteiger partial charge is 0.257 e. The van der Waals surface area contributed by atoms with E-state index < -0.39 is 5.82 Å². The largest absolute Gasteiger partial charge is 0.352 e. The lowest BCUT2D eigenvalue weighted by atomic mass is 10.2. The molecule has 0 saturated carbocycles. The van der Waals surface area contributed by atoms with E-state index in [9.17, 15) is 14.0 Å². The Kier molecular flexibility index (Phi) is 5.90. The fraction of sp³-hybridized carbons (Fsp3) is 0.389. The van der Waals surface area contributed by atoms with Crippen molar-refractivity contribution in [2.75, 3.05) is 13.1 Å². The molecule has 25 heavy (non-hydrogen) atoms. The van der Waals surface area contributed by atoms with Gasteiger partial charge in [-0.2, -0.15) is 5.10 Å². The van der Waals surface area contributed by atoms with Crippen LogP contribution in [0, 0.1) is 12.7 Å². The molecule has 0 aliphatic carbocycles. The fourth-order valence-electron chi connectivity index (χ4n) is 2.52. The van der Waals surface area contributed by atoms with Crippen LogP contribution < -0.4 is 5.32 Å². The summed E-state index contributed by atoms with van der Waals surface area (Å²) in [4.78, 5) is 26.1. The Morgan fingerprint density at radius 3 is 2.60 bits per heavy atom. The maximum atomic E-state index is 14.0. The van der Waals surface area contributed by atoms with Crippen molar-refractivity contribution in [2.45, 2.75) is 33.7 Å². The molecule has 6 nitrogen and oxygen atoms in total. The zero-order valence-corrected chi connectivity index (χ0v) is 14.9. The van der Waals surface area contributed by atoms with Gasteiger partial charge in [0, 0.05) is 12.6 Å². The van der Waals surface area contributed by atoms with Crippen molar-refractivity contribution in [2.24, 2.45) is 0 Å². The predicted octanol–water partition coefficient (Wildman–Crippen LogP) is 2.31. The number of carbonyl (C=O) groups is 2. The van der Waals surface area contributed by atoms with E-state index in [-0.39, 0.29) is 30.1 Å². The van der Waals surface area contributed by atoms with Crippen LogP contribution in [0.1, 0.15) is 36.8 Å². The maximum Gasteiger partial charge on any atom is 0.257 e. The summed E-state index contributed by atoms with van der Waals surface area (Å²) in [7, 11) is 0. The van der Waals surface area contributed by atoms with Gasteiger partial charge in [0.05, 0.1) is 24.0 Å². The van der Waals surface area contributed by atoms with Crippen molar-refractivity contribution in [3.8, 4) is 5.69 Å². The molecule has 1 aromatic carbocycles. The first kappa shape index (κ1) is 18.6. The zero-order valence-electron chi connectivity index (χ0n) is 14.9. The third kappa shape index (κ3) is 4.23. The first-order valence-electron chi connectivity index (χ1n) is 8.23. The van der Waals surface area contributed by atoms with Gasteiger partial charge in [-0.05, 0) is 39.8 Å². The van der Waals surface area contributed by atoms with Gasteiger partial charge >= 0.3 is 0 Å². The van der Waals surface area contributed by atoms with Crippen molar-refractivity contribution in [1.82, 2.24) is 20.0 Å². The molecule has 1 N–H and O–H groups in total. The first-order valence-corrected chi connectivity index (χ1v) is 8.23. The van der Waals surface area contributed by atoms with Crippen molar-refractivity contribution >= 4 is 11.8 Å². The number of aromatic nitrogens is 2. The number of benzene rings is 1. The number of hydrogen-bond donors (Lipinski definition) is 1. The van der Waals surface area contributed by atoms with E-state index in [4.69, 9.17) is 0 Å². The summed E-state index contributed by atoms with van der Waals surface area (Å²) in [6.07, 6.45) is 1.41. The predicted molar refractivity (Wildman–Crippen MR) is 93.1 cm³/mol. The molecule has 134 valence electrons. The van der Waals surface area contributed by atoms with Crippen LogP contribution in [-0.2, 0) is 4.79 Å². The van der Waals surface area contributed by atoms with Gasteiger partial charge in [0.2, 0.25) is 5.91 Å². The molecule has 7 heteroatoms. The van der Waals surface area contributed by atoms with Gasteiger partial charge in [0.15, 0.2) is 0 Å². The standard InChI is InChI=1S/C18H23FN4O2/c1-5-22(11-17(24)21-12(2)3)18(25)14-10-20-23(13(14)4)16-9-7-6-8-15(16)19/h6-10,12H,5,11H2,1-4H3,(H,21,24). The van der Waals surface area contributed by atoms with E-state index in [1.54, 1.807) is 32.0 Å². The summed E-state index contributed by atoms with van der Waals surface area (Å²) >= 11 is 0. The number of para-hydroxylation sites is 1. The number of nitrogens with one attached hydrogen (secondary N) is 1. The summed E-state index contributed by atoms with van der Waals surface area (Å²) < 4.78 is 15.4. The lowest BCUT2D eigenvalue weighted by molar-refractivity contribution is -0.122. The second-order valence-electron chi connectivity index (χ2n) is 6.05. The normalized spacial score (nSPS) is 10.8. The molecule has 0 spiro atoms. The van der Waals surface area contributed by atoms with Gasteiger partial charge in [0.1, 0.15) is 11.5 Å². The molecule has 2 amide bonds. The number of likely N-dealkylation sites (N-methyl/N-ethyl adjacent to an activating group) is 1. The first-order chi connectivity index (χ1) is 11.8. The summed E-state index contributed by atoms with van der Waals surface area (Å²) in [5.74, 6) is -0.942. The number of nitrogens with zero attached hydrogens (tertiary/aromatic N) is 3. The highest BCUT2D eigenvalue weighted by Crippen LogP contribution is 2.18. The molecule has 0 unspecified atom stereocenters. The minimum absolute atomic E-state index is 0.00634. The number of carbonyl (C=O) groups excluding carboxylic acids is 2. The molecule has 1 aromatic heterocycles. The SMILES string of the molecule is CCN(CC(=O)NC(C)C)C(=O)c1cnn(-c2ccccc2F)c1C. The average Bonchev–Trinajstić information content (AvgIpc) is 2.93. The monoisotopic (exact) mass is 346 g/mol. The average molecular weight is 346 g/mol. The highest BCUT2D eigenvalue weighted by Gasteiger charge is 2.22. The summed E-state index contributed by atoms with van der Waals surface area (Å²) in [6.45, 7) is 7.58. The van der Waals surface area contributed by atoms with Crippen LogP contribution in [0.4, 0.5) is 4.39 Å². The number of hydrogen-bond acceptors (Lipinski definition) is 3. The minimum Gasteiger partial charge on any atom is -0.352 e. The van der Waals surface area contributed by atoms with Crippen molar-refractivity contribution in [3.05, 3.63) is 47.5 Å². The van der Waals surface area contributed by atoms with Gasteiger partial charge < -0.3 is 10.2 Å². The van der Waals surface area contributed by atoms with Crippen LogP contribution in [0.25, 0.3) is 5.69 Å². The number of amides is 2. The van der Waals surface area contributed by atoms with Gasteiger partial charge in [-0.25, -0.2) is 9.07 Å². The van der Waals surface area contributed by atoms with Gasteiger partial charge in [-0.15, -0.1) is 0 Å². The minimum atomic E-state index is -0.420. The summed E-state index contributed by atoms with van der Waals surface area (Å²) in [5, 5.41) is 6.90. The van der Waals surface area contributed by atoms with E-state index in [1.807, 2.05) is 13.8 Å². The second-order valence-corrected chi connectivity index (χ2v) is 6.05. The Balaban J connectivity index is 2.25. The molecule has 1 heterocycles. The van der Waals surface area contributed by atoms with Crippen LogP contribution in [0.3, 0.4) is 0 Å². The molecule has 0 fully saturated rings. The molecule has 0 radical (unpaired) electrons. The molecule has 0 atom stereocenters. The van der Waals surface area contributed by atoms with Crippen molar-refractivity contribution in [3.63, 3.8) is 0 Å².